The molecule has 2 unspecified atom stereocenters. The predicted octanol–water partition coefficient (Wildman–Crippen LogP) is 2.02. The highest BCUT2D eigenvalue weighted by molar-refractivity contribution is 5.47. The van der Waals surface area contributed by atoms with Gasteiger partial charge in [0, 0.05) is 6.54 Å². The summed E-state index contributed by atoms with van der Waals surface area (Å²) in [4.78, 5) is 18.2. The largest absolute Gasteiger partial charge is 0.489 e. The van der Waals surface area contributed by atoms with Gasteiger partial charge < -0.3 is 15.0 Å². The van der Waals surface area contributed by atoms with Crippen LogP contribution in [0.2, 0.25) is 0 Å². The molecule has 5 nitrogen and oxygen atoms in total. The van der Waals surface area contributed by atoms with Gasteiger partial charge in [0.1, 0.15) is 0 Å². The Morgan fingerprint density at radius 1 is 1.50 bits per heavy atom. The molecule has 1 heterocycles. The number of ether oxygens (including phenoxy) is 1. The van der Waals surface area contributed by atoms with Gasteiger partial charge in [-0.25, -0.2) is 4.98 Å². The first-order valence-corrected chi connectivity index (χ1v) is 6.58. The Balaban J connectivity index is 2.01. The van der Waals surface area contributed by atoms with Crippen LogP contribution in [0.25, 0.3) is 0 Å². The quantitative estimate of drug-likeness (QED) is 0.859. The molecular weight excluding hydrogens is 230 g/mol. The van der Waals surface area contributed by atoms with Crippen molar-refractivity contribution in [2.75, 3.05) is 19.0 Å². The maximum absolute atomic E-state index is 11.5. The van der Waals surface area contributed by atoms with E-state index in [9.17, 15) is 4.79 Å². The highest BCUT2D eigenvalue weighted by atomic mass is 16.5. The van der Waals surface area contributed by atoms with E-state index >= 15 is 0 Å². The summed E-state index contributed by atoms with van der Waals surface area (Å²) in [7, 11) is 1.49. The number of methoxy groups -OCH3 is 1. The Morgan fingerprint density at radius 2 is 2.28 bits per heavy atom. The van der Waals surface area contributed by atoms with E-state index < -0.39 is 0 Å². The van der Waals surface area contributed by atoms with Crippen LogP contribution in [0.15, 0.2) is 11.1 Å². The van der Waals surface area contributed by atoms with Crippen LogP contribution in [0.4, 0.5) is 5.82 Å². The summed E-state index contributed by atoms with van der Waals surface area (Å²) in [5.41, 5.74) is -0.244. The van der Waals surface area contributed by atoms with Crippen LogP contribution in [-0.2, 0) is 0 Å². The Labute approximate surface area is 107 Å². The second-order valence-corrected chi connectivity index (χ2v) is 5.02. The van der Waals surface area contributed by atoms with E-state index in [4.69, 9.17) is 4.74 Å². The molecule has 0 spiro atoms. The van der Waals surface area contributed by atoms with Crippen molar-refractivity contribution in [3.8, 4) is 5.75 Å². The van der Waals surface area contributed by atoms with Crippen molar-refractivity contribution in [3.05, 3.63) is 16.7 Å². The minimum Gasteiger partial charge on any atom is -0.489 e. The predicted molar refractivity (Wildman–Crippen MR) is 71.0 cm³/mol. The lowest BCUT2D eigenvalue weighted by atomic mass is 9.80. The molecule has 1 aromatic rings. The topological polar surface area (TPSA) is 67.0 Å². The van der Waals surface area contributed by atoms with E-state index in [0.717, 1.165) is 12.5 Å². The molecular formula is C13H21N3O2. The second-order valence-electron chi connectivity index (χ2n) is 5.02. The lowest BCUT2D eigenvalue weighted by Gasteiger charge is -2.29. The van der Waals surface area contributed by atoms with E-state index in [1.54, 1.807) is 0 Å². The Bertz CT molecular complexity index is 444. The third-order valence-electron chi connectivity index (χ3n) is 3.84. The summed E-state index contributed by atoms with van der Waals surface area (Å²) < 4.78 is 5.07. The number of nitrogens with zero attached hydrogens (tertiary/aromatic N) is 1. The van der Waals surface area contributed by atoms with Gasteiger partial charge in [-0.2, -0.15) is 0 Å². The molecule has 1 aromatic heterocycles. The summed E-state index contributed by atoms with van der Waals surface area (Å²) in [5, 5.41) is 3.25. The molecule has 1 saturated carbocycles. The van der Waals surface area contributed by atoms with Crippen LogP contribution in [-0.4, -0.2) is 23.6 Å². The minimum absolute atomic E-state index is 0.244. The van der Waals surface area contributed by atoms with E-state index in [0.29, 0.717) is 11.7 Å². The Hall–Kier alpha value is -1.52. The molecule has 0 amide bonds. The molecule has 100 valence electrons. The van der Waals surface area contributed by atoms with Gasteiger partial charge in [-0.05, 0) is 18.3 Å². The third-order valence-corrected chi connectivity index (χ3v) is 3.84. The smallest absolute Gasteiger partial charge is 0.295 e. The molecule has 0 aromatic carbocycles. The van der Waals surface area contributed by atoms with E-state index in [-0.39, 0.29) is 11.3 Å². The first-order valence-electron chi connectivity index (χ1n) is 6.58. The second kappa shape index (κ2) is 5.89. The van der Waals surface area contributed by atoms with Crippen LogP contribution in [0.3, 0.4) is 0 Å². The molecule has 0 aliphatic heterocycles. The van der Waals surface area contributed by atoms with Crippen LogP contribution in [0.1, 0.15) is 32.6 Å². The van der Waals surface area contributed by atoms with Gasteiger partial charge in [0.05, 0.1) is 13.4 Å². The number of aromatic amines is 1. The molecule has 2 rings (SSSR count). The zero-order valence-electron chi connectivity index (χ0n) is 11.0. The molecule has 5 heteroatoms. The third kappa shape index (κ3) is 2.83. The molecule has 1 aliphatic rings. The fourth-order valence-corrected chi connectivity index (χ4v) is 2.63. The Kier molecular flexibility index (Phi) is 4.23. The van der Waals surface area contributed by atoms with Crippen molar-refractivity contribution < 1.29 is 4.74 Å². The van der Waals surface area contributed by atoms with Gasteiger partial charge in [0.15, 0.2) is 5.82 Å². The minimum atomic E-state index is -0.244. The van der Waals surface area contributed by atoms with Crippen molar-refractivity contribution in [2.24, 2.45) is 11.8 Å². The van der Waals surface area contributed by atoms with Crippen molar-refractivity contribution in [3.63, 3.8) is 0 Å². The molecule has 0 bridgehead atoms. The van der Waals surface area contributed by atoms with Crippen LogP contribution in [0, 0.1) is 11.8 Å². The molecule has 0 radical (unpaired) electrons. The summed E-state index contributed by atoms with van der Waals surface area (Å²) in [5.74, 6) is 2.20. The van der Waals surface area contributed by atoms with Gasteiger partial charge in [-0.3, -0.25) is 4.79 Å². The van der Waals surface area contributed by atoms with E-state index in [1.807, 2.05) is 0 Å². The zero-order valence-corrected chi connectivity index (χ0v) is 11.0. The number of rotatable bonds is 4. The number of nitrogens with one attached hydrogen (secondary N) is 2. The Morgan fingerprint density at radius 3 is 3.00 bits per heavy atom. The van der Waals surface area contributed by atoms with Gasteiger partial charge in [-0.15, -0.1) is 0 Å². The van der Waals surface area contributed by atoms with Crippen LogP contribution in [0.5, 0.6) is 5.75 Å². The maximum atomic E-state index is 11.5. The van der Waals surface area contributed by atoms with Crippen molar-refractivity contribution in [1.82, 2.24) is 9.97 Å². The molecule has 2 atom stereocenters. The van der Waals surface area contributed by atoms with Crippen LogP contribution >= 0.6 is 0 Å². The van der Waals surface area contributed by atoms with Gasteiger partial charge in [0.25, 0.3) is 5.56 Å². The molecule has 1 fully saturated rings. The van der Waals surface area contributed by atoms with E-state index in [2.05, 4.69) is 22.2 Å². The van der Waals surface area contributed by atoms with Gasteiger partial charge in [0.2, 0.25) is 5.75 Å². The lowest BCUT2D eigenvalue weighted by molar-refractivity contribution is 0.268. The SMILES string of the molecule is COc1c(NCC2CCCCC2C)nc[nH]c1=O. The molecule has 2 N–H and O–H groups in total. The summed E-state index contributed by atoms with van der Waals surface area (Å²) >= 11 is 0. The number of hydrogen-bond acceptors (Lipinski definition) is 4. The monoisotopic (exact) mass is 251 g/mol. The van der Waals surface area contributed by atoms with Gasteiger partial charge in [-0.1, -0.05) is 26.2 Å². The average molecular weight is 251 g/mol. The summed E-state index contributed by atoms with van der Waals surface area (Å²) in [6.07, 6.45) is 6.59. The number of H-pyrrole nitrogens is 1. The molecule has 18 heavy (non-hydrogen) atoms. The maximum Gasteiger partial charge on any atom is 0.295 e. The van der Waals surface area contributed by atoms with Gasteiger partial charge >= 0.3 is 0 Å². The van der Waals surface area contributed by atoms with Crippen molar-refractivity contribution >= 4 is 5.82 Å². The lowest BCUT2D eigenvalue weighted by Crippen LogP contribution is -2.25. The number of hydrogen-bond donors (Lipinski definition) is 2. The highest BCUT2D eigenvalue weighted by Crippen LogP contribution is 2.30. The first kappa shape index (κ1) is 12.9. The van der Waals surface area contributed by atoms with Crippen molar-refractivity contribution in [1.29, 1.82) is 0 Å². The fourth-order valence-electron chi connectivity index (χ4n) is 2.63. The van der Waals surface area contributed by atoms with Crippen LogP contribution < -0.4 is 15.6 Å². The number of anilines is 1. The zero-order chi connectivity index (χ0) is 13.0. The van der Waals surface area contributed by atoms with E-state index in [1.165, 1.54) is 39.1 Å². The highest BCUT2D eigenvalue weighted by Gasteiger charge is 2.21. The summed E-state index contributed by atoms with van der Waals surface area (Å²) in [6, 6.07) is 0. The molecule has 0 saturated heterocycles. The molecule has 1 aliphatic carbocycles. The first-order chi connectivity index (χ1) is 8.72. The normalized spacial score (nSPS) is 23.7. The fraction of sp³-hybridized carbons (Fsp3) is 0.692. The summed E-state index contributed by atoms with van der Waals surface area (Å²) in [6.45, 7) is 3.15. The average Bonchev–Trinajstić information content (AvgIpc) is 2.38. The standard InChI is InChI=1S/C13H21N3O2/c1-9-5-3-4-6-10(9)7-14-12-11(18-2)13(17)16-8-15-12/h8-10H,3-7H2,1-2H3,(H2,14,15,16,17). The van der Waals surface area contributed by atoms with Crippen molar-refractivity contribution in [2.45, 2.75) is 32.6 Å². The number of aromatic nitrogens is 2.